The SMILES string of the molecule is CC(CCCNC(=O)C1CNCC1C)C(=O)O. The van der Waals surface area contributed by atoms with Crippen molar-refractivity contribution >= 4 is 11.9 Å². The van der Waals surface area contributed by atoms with Gasteiger partial charge in [0.1, 0.15) is 0 Å². The van der Waals surface area contributed by atoms with E-state index in [2.05, 4.69) is 17.6 Å². The molecule has 5 nitrogen and oxygen atoms in total. The number of nitrogens with one attached hydrogen (secondary N) is 2. The van der Waals surface area contributed by atoms with Crippen LogP contribution in [0, 0.1) is 17.8 Å². The highest BCUT2D eigenvalue weighted by atomic mass is 16.4. The van der Waals surface area contributed by atoms with E-state index < -0.39 is 5.97 Å². The van der Waals surface area contributed by atoms with Crippen molar-refractivity contribution in [3.63, 3.8) is 0 Å². The largest absolute Gasteiger partial charge is 0.481 e. The predicted molar refractivity (Wildman–Crippen MR) is 64.6 cm³/mol. The van der Waals surface area contributed by atoms with E-state index in [0.29, 0.717) is 25.3 Å². The van der Waals surface area contributed by atoms with Crippen molar-refractivity contribution in [2.75, 3.05) is 19.6 Å². The molecule has 17 heavy (non-hydrogen) atoms. The normalized spacial score (nSPS) is 25.5. The Labute approximate surface area is 102 Å². The number of hydrogen-bond acceptors (Lipinski definition) is 3. The maximum atomic E-state index is 11.8. The van der Waals surface area contributed by atoms with Gasteiger partial charge < -0.3 is 15.7 Å². The summed E-state index contributed by atoms with van der Waals surface area (Å²) < 4.78 is 0. The first-order chi connectivity index (χ1) is 8.02. The second-order valence-electron chi connectivity index (χ2n) is 4.91. The molecule has 5 heteroatoms. The van der Waals surface area contributed by atoms with Crippen molar-refractivity contribution in [2.45, 2.75) is 26.7 Å². The fourth-order valence-corrected chi connectivity index (χ4v) is 2.04. The van der Waals surface area contributed by atoms with Gasteiger partial charge in [-0.15, -0.1) is 0 Å². The smallest absolute Gasteiger partial charge is 0.306 e. The van der Waals surface area contributed by atoms with Gasteiger partial charge in [0.25, 0.3) is 0 Å². The topological polar surface area (TPSA) is 78.4 Å². The molecule has 0 aromatic carbocycles. The molecule has 3 N–H and O–H groups in total. The van der Waals surface area contributed by atoms with Crippen molar-refractivity contribution in [1.82, 2.24) is 10.6 Å². The summed E-state index contributed by atoms with van der Waals surface area (Å²) in [6.45, 7) is 5.97. The summed E-state index contributed by atoms with van der Waals surface area (Å²) in [4.78, 5) is 22.4. The van der Waals surface area contributed by atoms with Gasteiger partial charge in [-0.3, -0.25) is 9.59 Å². The molecule has 1 rings (SSSR count). The van der Waals surface area contributed by atoms with E-state index in [0.717, 1.165) is 13.1 Å². The van der Waals surface area contributed by atoms with Crippen LogP contribution in [0.4, 0.5) is 0 Å². The molecule has 1 fully saturated rings. The van der Waals surface area contributed by atoms with Crippen molar-refractivity contribution in [3.05, 3.63) is 0 Å². The van der Waals surface area contributed by atoms with Crippen molar-refractivity contribution in [2.24, 2.45) is 17.8 Å². The van der Waals surface area contributed by atoms with Gasteiger partial charge in [0, 0.05) is 13.1 Å². The Morgan fingerprint density at radius 1 is 1.47 bits per heavy atom. The van der Waals surface area contributed by atoms with Gasteiger partial charge in [0.2, 0.25) is 5.91 Å². The zero-order valence-electron chi connectivity index (χ0n) is 10.5. The Bertz CT molecular complexity index is 281. The van der Waals surface area contributed by atoms with Crippen LogP contribution in [0.25, 0.3) is 0 Å². The van der Waals surface area contributed by atoms with Crippen LogP contribution in [-0.2, 0) is 9.59 Å². The third-order valence-corrected chi connectivity index (χ3v) is 3.39. The average molecular weight is 242 g/mol. The lowest BCUT2D eigenvalue weighted by atomic mass is 9.97. The fourth-order valence-electron chi connectivity index (χ4n) is 2.04. The monoisotopic (exact) mass is 242 g/mol. The van der Waals surface area contributed by atoms with E-state index in [1.54, 1.807) is 6.92 Å². The lowest BCUT2D eigenvalue weighted by molar-refractivity contribution is -0.141. The van der Waals surface area contributed by atoms with E-state index in [1.165, 1.54) is 0 Å². The molecule has 0 bridgehead atoms. The third-order valence-electron chi connectivity index (χ3n) is 3.39. The van der Waals surface area contributed by atoms with Crippen LogP contribution in [0.15, 0.2) is 0 Å². The Kier molecular flexibility index (Phi) is 5.41. The van der Waals surface area contributed by atoms with Crippen molar-refractivity contribution in [1.29, 1.82) is 0 Å². The molecule has 0 spiro atoms. The lowest BCUT2D eigenvalue weighted by Crippen LogP contribution is -2.35. The average Bonchev–Trinajstić information content (AvgIpc) is 2.70. The molecular formula is C12H22N2O3. The molecule has 1 aliphatic rings. The van der Waals surface area contributed by atoms with Crippen LogP contribution >= 0.6 is 0 Å². The highest BCUT2D eigenvalue weighted by Gasteiger charge is 2.29. The van der Waals surface area contributed by atoms with Crippen molar-refractivity contribution in [3.8, 4) is 0 Å². The Hall–Kier alpha value is -1.10. The van der Waals surface area contributed by atoms with Crippen LogP contribution in [0.3, 0.4) is 0 Å². The van der Waals surface area contributed by atoms with Crippen LogP contribution in [0.2, 0.25) is 0 Å². The van der Waals surface area contributed by atoms with Crippen LogP contribution < -0.4 is 10.6 Å². The quantitative estimate of drug-likeness (QED) is 0.591. The second-order valence-corrected chi connectivity index (χ2v) is 4.91. The van der Waals surface area contributed by atoms with Crippen LogP contribution in [-0.4, -0.2) is 36.6 Å². The first kappa shape index (κ1) is 14.0. The zero-order valence-corrected chi connectivity index (χ0v) is 10.5. The van der Waals surface area contributed by atoms with Gasteiger partial charge in [0.15, 0.2) is 0 Å². The Morgan fingerprint density at radius 2 is 2.18 bits per heavy atom. The zero-order chi connectivity index (χ0) is 12.8. The number of amides is 1. The van der Waals surface area contributed by atoms with Gasteiger partial charge in [-0.2, -0.15) is 0 Å². The van der Waals surface area contributed by atoms with Gasteiger partial charge in [-0.1, -0.05) is 13.8 Å². The molecule has 1 aliphatic heterocycles. The summed E-state index contributed by atoms with van der Waals surface area (Å²) in [6.07, 6.45) is 1.32. The molecule has 1 amide bonds. The first-order valence-electron chi connectivity index (χ1n) is 6.23. The molecule has 0 aromatic heterocycles. The summed E-state index contributed by atoms with van der Waals surface area (Å²) in [6, 6.07) is 0. The predicted octanol–water partition coefficient (Wildman–Crippen LogP) is 0.459. The van der Waals surface area contributed by atoms with Crippen LogP contribution in [0.5, 0.6) is 0 Å². The third kappa shape index (κ3) is 4.34. The summed E-state index contributed by atoms with van der Waals surface area (Å²) >= 11 is 0. The molecule has 3 atom stereocenters. The molecule has 0 saturated carbocycles. The van der Waals surface area contributed by atoms with E-state index in [9.17, 15) is 9.59 Å². The van der Waals surface area contributed by atoms with E-state index in [4.69, 9.17) is 5.11 Å². The molecule has 0 aliphatic carbocycles. The molecular weight excluding hydrogens is 220 g/mol. The van der Waals surface area contributed by atoms with E-state index in [-0.39, 0.29) is 17.7 Å². The highest BCUT2D eigenvalue weighted by Crippen LogP contribution is 2.15. The molecule has 1 saturated heterocycles. The summed E-state index contributed by atoms with van der Waals surface area (Å²) in [5.41, 5.74) is 0. The first-order valence-corrected chi connectivity index (χ1v) is 6.23. The standard InChI is InChI=1S/C12H22N2O3/c1-8(12(16)17)4-3-5-14-11(15)10-7-13-6-9(10)2/h8-10,13H,3-7H2,1-2H3,(H,14,15)(H,16,17). The number of carbonyl (C=O) groups is 2. The highest BCUT2D eigenvalue weighted by molar-refractivity contribution is 5.79. The molecule has 0 radical (unpaired) electrons. The number of carboxylic acids is 1. The fraction of sp³-hybridized carbons (Fsp3) is 0.833. The molecule has 3 unspecified atom stereocenters. The second kappa shape index (κ2) is 6.59. The van der Waals surface area contributed by atoms with Gasteiger partial charge >= 0.3 is 5.97 Å². The van der Waals surface area contributed by atoms with E-state index in [1.807, 2.05) is 0 Å². The maximum Gasteiger partial charge on any atom is 0.306 e. The van der Waals surface area contributed by atoms with E-state index >= 15 is 0 Å². The number of carboxylic acid groups (broad SMARTS) is 1. The van der Waals surface area contributed by atoms with Crippen LogP contribution in [0.1, 0.15) is 26.7 Å². The lowest BCUT2D eigenvalue weighted by Gasteiger charge is -2.14. The molecule has 1 heterocycles. The van der Waals surface area contributed by atoms with Gasteiger partial charge in [0.05, 0.1) is 11.8 Å². The Balaban J connectivity index is 2.14. The summed E-state index contributed by atoms with van der Waals surface area (Å²) in [7, 11) is 0. The molecule has 98 valence electrons. The number of aliphatic carboxylic acids is 1. The van der Waals surface area contributed by atoms with Gasteiger partial charge in [-0.05, 0) is 25.3 Å². The summed E-state index contributed by atoms with van der Waals surface area (Å²) in [5, 5.41) is 14.8. The number of rotatable bonds is 6. The number of carbonyl (C=O) groups excluding carboxylic acids is 1. The maximum absolute atomic E-state index is 11.8. The number of hydrogen-bond donors (Lipinski definition) is 3. The Morgan fingerprint density at radius 3 is 2.71 bits per heavy atom. The summed E-state index contributed by atoms with van der Waals surface area (Å²) in [5.74, 6) is -0.575. The minimum atomic E-state index is -0.773. The minimum absolute atomic E-state index is 0.0619. The minimum Gasteiger partial charge on any atom is -0.481 e. The molecule has 0 aromatic rings. The van der Waals surface area contributed by atoms with Gasteiger partial charge in [-0.25, -0.2) is 0 Å². The van der Waals surface area contributed by atoms with Crippen molar-refractivity contribution < 1.29 is 14.7 Å².